The molecule has 0 radical (unpaired) electrons. The summed E-state index contributed by atoms with van der Waals surface area (Å²) in [4.78, 5) is 20.6. The lowest BCUT2D eigenvalue weighted by molar-refractivity contribution is -0.113. The predicted octanol–water partition coefficient (Wildman–Crippen LogP) is 8.13. The molecule has 0 atom stereocenters. The number of nitrogens with zero attached hydrogens (tertiary/aromatic N) is 2. The van der Waals surface area contributed by atoms with Gasteiger partial charge >= 0.3 is 0 Å². The van der Waals surface area contributed by atoms with Crippen molar-refractivity contribution in [3.63, 3.8) is 0 Å². The van der Waals surface area contributed by atoms with E-state index in [9.17, 15) is 9.18 Å². The molecule has 6 heteroatoms. The van der Waals surface area contributed by atoms with Crippen LogP contribution in [0.3, 0.4) is 0 Å². The van der Waals surface area contributed by atoms with E-state index < -0.39 is 0 Å². The summed E-state index contributed by atoms with van der Waals surface area (Å²) >= 11 is 1.32. The van der Waals surface area contributed by atoms with Crippen molar-refractivity contribution >= 4 is 40.3 Å². The second kappa shape index (κ2) is 9.63. The molecule has 1 fully saturated rings. The summed E-state index contributed by atoms with van der Waals surface area (Å²) in [6, 6.07) is 21.7. The third-order valence-corrected chi connectivity index (χ3v) is 7.27. The molecule has 36 heavy (non-hydrogen) atoms. The first-order chi connectivity index (χ1) is 17.3. The fourth-order valence-corrected chi connectivity index (χ4v) is 4.86. The number of thioether (sulfide) groups is 1. The lowest BCUT2D eigenvalue weighted by atomic mass is 10.1. The molecule has 5 rings (SSSR count). The highest BCUT2D eigenvalue weighted by atomic mass is 32.2. The molecule has 0 N–H and O–H groups in total. The molecule has 0 bridgehead atoms. The van der Waals surface area contributed by atoms with Gasteiger partial charge in [-0.2, -0.15) is 0 Å². The van der Waals surface area contributed by atoms with Gasteiger partial charge in [-0.15, -0.1) is 0 Å². The standard InChI is InChI=1S/C30H25FN2O2S/c1-18-5-11-24(15-20(18)3)32-30-33(25-12-6-19(2)21(4)16-25)29(34)28(36-30)17-26-13-14-27(35-26)22-7-9-23(31)10-8-22/h5-17H,1-4H3. The van der Waals surface area contributed by atoms with Gasteiger partial charge in [0.25, 0.3) is 5.91 Å². The first-order valence-corrected chi connectivity index (χ1v) is 12.4. The third kappa shape index (κ3) is 4.77. The van der Waals surface area contributed by atoms with E-state index >= 15 is 0 Å². The second-order valence-corrected chi connectivity index (χ2v) is 9.90. The van der Waals surface area contributed by atoms with Gasteiger partial charge < -0.3 is 4.42 Å². The number of hydrogen-bond acceptors (Lipinski definition) is 4. The Hall–Kier alpha value is -3.90. The monoisotopic (exact) mass is 496 g/mol. The summed E-state index contributed by atoms with van der Waals surface area (Å²) in [7, 11) is 0. The average molecular weight is 497 g/mol. The smallest absolute Gasteiger partial charge is 0.271 e. The Kier molecular flexibility index (Phi) is 6.37. The van der Waals surface area contributed by atoms with Gasteiger partial charge in [-0.1, -0.05) is 12.1 Å². The van der Waals surface area contributed by atoms with Gasteiger partial charge in [0.2, 0.25) is 0 Å². The van der Waals surface area contributed by atoms with Crippen LogP contribution >= 0.6 is 11.8 Å². The largest absolute Gasteiger partial charge is 0.457 e. The number of rotatable bonds is 4. The summed E-state index contributed by atoms with van der Waals surface area (Å²) in [5, 5.41) is 0.586. The zero-order valence-electron chi connectivity index (χ0n) is 20.5. The van der Waals surface area contributed by atoms with E-state index in [0.717, 1.165) is 33.6 Å². The van der Waals surface area contributed by atoms with Crippen molar-refractivity contribution in [2.45, 2.75) is 27.7 Å². The summed E-state index contributed by atoms with van der Waals surface area (Å²) in [6.45, 7) is 8.19. The molecule has 1 saturated heterocycles. The molecule has 1 aliphatic rings. The van der Waals surface area contributed by atoms with E-state index in [2.05, 4.69) is 6.92 Å². The molecule has 0 saturated carbocycles. The lowest BCUT2D eigenvalue weighted by Gasteiger charge is -2.17. The lowest BCUT2D eigenvalue weighted by Crippen LogP contribution is -2.28. The van der Waals surface area contributed by atoms with Crippen LogP contribution < -0.4 is 4.90 Å². The van der Waals surface area contributed by atoms with Crippen LogP contribution in [-0.2, 0) is 4.79 Å². The van der Waals surface area contributed by atoms with Crippen molar-refractivity contribution in [1.29, 1.82) is 0 Å². The molecule has 3 aromatic carbocycles. The molecule has 0 unspecified atom stereocenters. The normalized spacial score (nSPS) is 15.9. The van der Waals surface area contributed by atoms with Gasteiger partial charge in [0.05, 0.1) is 16.3 Å². The van der Waals surface area contributed by atoms with Crippen LogP contribution in [0.25, 0.3) is 17.4 Å². The Balaban J connectivity index is 1.53. The molecular formula is C30H25FN2O2S. The molecule has 1 aromatic heterocycles. The van der Waals surface area contributed by atoms with E-state index in [0.29, 0.717) is 21.6 Å². The Morgan fingerprint density at radius 3 is 2.22 bits per heavy atom. The van der Waals surface area contributed by atoms with Crippen LogP contribution in [0, 0.1) is 33.5 Å². The maximum Gasteiger partial charge on any atom is 0.271 e. The topological polar surface area (TPSA) is 45.8 Å². The highest BCUT2D eigenvalue weighted by molar-refractivity contribution is 8.19. The molecule has 2 heterocycles. The minimum atomic E-state index is -0.303. The molecule has 0 aliphatic carbocycles. The summed E-state index contributed by atoms with van der Waals surface area (Å²) < 4.78 is 19.2. The van der Waals surface area contributed by atoms with Crippen molar-refractivity contribution in [3.05, 3.63) is 112 Å². The number of amidine groups is 1. The van der Waals surface area contributed by atoms with Crippen molar-refractivity contribution in [1.82, 2.24) is 0 Å². The van der Waals surface area contributed by atoms with E-state index in [1.54, 1.807) is 29.2 Å². The van der Waals surface area contributed by atoms with Gasteiger partial charge in [0.15, 0.2) is 5.17 Å². The first-order valence-electron chi connectivity index (χ1n) is 11.6. The minimum absolute atomic E-state index is 0.162. The quantitative estimate of drug-likeness (QED) is 0.268. The zero-order valence-corrected chi connectivity index (χ0v) is 21.3. The van der Waals surface area contributed by atoms with Crippen LogP contribution in [0.15, 0.2) is 87.1 Å². The van der Waals surface area contributed by atoms with E-state index in [-0.39, 0.29) is 11.7 Å². The number of amides is 1. The van der Waals surface area contributed by atoms with Crippen molar-refractivity contribution < 1.29 is 13.6 Å². The van der Waals surface area contributed by atoms with Crippen LogP contribution in [0.1, 0.15) is 28.0 Å². The number of carbonyl (C=O) groups is 1. The highest BCUT2D eigenvalue weighted by Crippen LogP contribution is 2.38. The summed E-state index contributed by atoms with van der Waals surface area (Å²) in [5.74, 6) is 0.679. The minimum Gasteiger partial charge on any atom is -0.457 e. The van der Waals surface area contributed by atoms with Crippen molar-refractivity contribution in [2.24, 2.45) is 4.99 Å². The Bertz CT molecular complexity index is 1530. The Morgan fingerprint density at radius 1 is 0.833 bits per heavy atom. The number of halogens is 1. The number of carbonyl (C=O) groups excluding carboxylic acids is 1. The summed E-state index contributed by atoms with van der Waals surface area (Å²) in [6.07, 6.45) is 1.73. The molecule has 4 nitrogen and oxygen atoms in total. The maximum absolute atomic E-state index is 13.6. The third-order valence-electron chi connectivity index (χ3n) is 6.30. The summed E-state index contributed by atoms with van der Waals surface area (Å²) in [5.41, 5.74) is 6.92. The Labute approximate surface area is 214 Å². The van der Waals surface area contributed by atoms with Crippen LogP contribution in [0.2, 0.25) is 0 Å². The number of furan rings is 1. The number of aryl methyl sites for hydroxylation is 4. The first kappa shape index (κ1) is 23.8. The SMILES string of the molecule is Cc1ccc(N=C2SC(=Cc3ccc(-c4ccc(F)cc4)o3)C(=O)N2c2ccc(C)c(C)c2)cc1C. The predicted molar refractivity (Wildman–Crippen MR) is 146 cm³/mol. The molecule has 1 amide bonds. The van der Waals surface area contributed by atoms with Crippen LogP contribution in [0.4, 0.5) is 15.8 Å². The van der Waals surface area contributed by atoms with Crippen molar-refractivity contribution in [3.8, 4) is 11.3 Å². The molecule has 4 aromatic rings. The average Bonchev–Trinajstić information content (AvgIpc) is 3.43. The number of anilines is 1. The molecule has 1 aliphatic heterocycles. The Morgan fingerprint density at radius 2 is 1.53 bits per heavy atom. The van der Waals surface area contributed by atoms with Gasteiger partial charge in [-0.05, 0) is 122 Å². The van der Waals surface area contributed by atoms with Crippen LogP contribution in [0.5, 0.6) is 0 Å². The number of benzene rings is 3. The van der Waals surface area contributed by atoms with E-state index in [1.165, 1.54) is 29.5 Å². The number of aliphatic imine (C=N–C) groups is 1. The van der Waals surface area contributed by atoms with E-state index in [1.807, 2.05) is 63.2 Å². The molecular weight excluding hydrogens is 471 g/mol. The van der Waals surface area contributed by atoms with Gasteiger partial charge in [0.1, 0.15) is 17.3 Å². The maximum atomic E-state index is 13.6. The van der Waals surface area contributed by atoms with Gasteiger partial charge in [-0.3, -0.25) is 9.69 Å². The van der Waals surface area contributed by atoms with Gasteiger partial charge in [0, 0.05) is 11.6 Å². The van der Waals surface area contributed by atoms with Crippen molar-refractivity contribution in [2.75, 3.05) is 4.90 Å². The number of hydrogen-bond donors (Lipinski definition) is 0. The molecule has 180 valence electrons. The van der Waals surface area contributed by atoms with Crippen LogP contribution in [-0.4, -0.2) is 11.1 Å². The fourth-order valence-electron chi connectivity index (χ4n) is 3.88. The molecule has 0 spiro atoms. The van der Waals surface area contributed by atoms with Gasteiger partial charge in [-0.25, -0.2) is 9.38 Å². The highest BCUT2D eigenvalue weighted by Gasteiger charge is 2.35. The van der Waals surface area contributed by atoms with E-state index in [4.69, 9.17) is 9.41 Å². The zero-order chi connectivity index (χ0) is 25.4. The fraction of sp³-hybridized carbons (Fsp3) is 0.133. The second-order valence-electron chi connectivity index (χ2n) is 8.89.